The van der Waals surface area contributed by atoms with Crippen molar-refractivity contribution < 1.29 is 9.59 Å². The molecule has 1 rings (SSSR count). The second-order valence-corrected chi connectivity index (χ2v) is 3.68. The zero-order valence-corrected chi connectivity index (χ0v) is 9.21. The predicted molar refractivity (Wildman–Crippen MR) is 57.6 cm³/mol. The lowest BCUT2D eigenvalue weighted by atomic mass is 10.2. The molecule has 1 aliphatic rings. The van der Waals surface area contributed by atoms with Crippen molar-refractivity contribution in [2.75, 3.05) is 19.6 Å². The van der Waals surface area contributed by atoms with Crippen molar-refractivity contribution in [2.24, 2.45) is 0 Å². The Kier molecular flexibility index (Phi) is 4.93. The molecular weight excluding hydrogens is 194 g/mol. The number of hydrogen-bond donors (Lipinski definition) is 2. The Morgan fingerprint density at radius 3 is 2.87 bits per heavy atom. The Morgan fingerprint density at radius 2 is 2.27 bits per heavy atom. The number of unbranched alkanes of at least 4 members (excludes halogenated alkanes) is 3. The van der Waals surface area contributed by atoms with Gasteiger partial charge in [-0.25, -0.2) is 14.5 Å². The summed E-state index contributed by atoms with van der Waals surface area (Å²) < 4.78 is 0. The van der Waals surface area contributed by atoms with E-state index < -0.39 is 0 Å². The first-order chi connectivity index (χ1) is 7.25. The van der Waals surface area contributed by atoms with Gasteiger partial charge in [0.05, 0.1) is 0 Å². The minimum absolute atomic E-state index is 0.276. The molecule has 0 atom stereocenters. The largest absolute Gasteiger partial charge is 0.338 e. The number of urea groups is 2. The Morgan fingerprint density at radius 1 is 1.47 bits per heavy atom. The van der Waals surface area contributed by atoms with Crippen LogP contribution in [0.2, 0.25) is 0 Å². The van der Waals surface area contributed by atoms with E-state index in [2.05, 4.69) is 17.6 Å². The monoisotopic (exact) mass is 213 g/mol. The van der Waals surface area contributed by atoms with Crippen molar-refractivity contribution in [3.63, 3.8) is 0 Å². The Bertz CT molecular complexity index is 231. The van der Waals surface area contributed by atoms with Gasteiger partial charge in [-0.1, -0.05) is 26.2 Å². The number of imide groups is 1. The van der Waals surface area contributed by atoms with Crippen LogP contribution in [0.5, 0.6) is 0 Å². The highest BCUT2D eigenvalue weighted by Gasteiger charge is 2.25. The maximum atomic E-state index is 11.4. The molecule has 1 aliphatic heterocycles. The zero-order valence-electron chi connectivity index (χ0n) is 9.21. The lowest BCUT2D eigenvalue weighted by Gasteiger charge is -2.13. The maximum absolute atomic E-state index is 11.4. The van der Waals surface area contributed by atoms with Gasteiger partial charge in [-0.05, 0) is 6.42 Å². The van der Waals surface area contributed by atoms with E-state index in [0.29, 0.717) is 19.6 Å². The van der Waals surface area contributed by atoms with E-state index in [-0.39, 0.29) is 12.1 Å². The molecule has 0 aromatic rings. The Hall–Kier alpha value is -1.26. The van der Waals surface area contributed by atoms with Gasteiger partial charge in [-0.2, -0.15) is 0 Å². The summed E-state index contributed by atoms with van der Waals surface area (Å²) in [5.74, 6) is 0. The average Bonchev–Trinajstić information content (AvgIpc) is 2.64. The maximum Gasteiger partial charge on any atom is 0.325 e. The zero-order chi connectivity index (χ0) is 11.1. The van der Waals surface area contributed by atoms with E-state index in [4.69, 9.17) is 0 Å². The summed E-state index contributed by atoms with van der Waals surface area (Å²) in [5, 5.41) is 5.33. The quantitative estimate of drug-likeness (QED) is 0.676. The Labute approximate surface area is 90.2 Å². The van der Waals surface area contributed by atoms with Gasteiger partial charge in [0, 0.05) is 19.6 Å². The fraction of sp³-hybridized carbons (Fsp3) is 0.800. The minimum Gasteiger partial charge on any atom is -0.338 e. The van der Waals surface area contributed by atoms with Gasteiger partial charge in [0.15, 0.2) is 0 Å². The van der Waals surface area contributed by atoms with Gasteiger partial charge >= 0.3 is 12.1 Å². The molecular formula is C10H19N3O2. The highest BCUT2D eigenvalue weighted by molar-refractivity contribution is 5.94. The molecule has 0 saturated carbocycles. The van der Waals surface area contributed by atoms with E-state index >= 15 is 0 Å². The molecule has 5 nitrogen and oxygen atoms in total. The van der Waals surface area contributed by atoms with Crippen LogP contribution >= 0.6 is 0 Å². The molecule has 0 bridgehead atoms. The standard InChI is InChI=1S/C10H19N3O2/c1-2-3-4-5-6-11-9(14)13-8-7-12-10(13)15/h2-8H2,1H3,(H,11,14)(H,12,15). The third-order valence-electron chi connectivity index (χ3n) is 2.41. The molecule has 15 heavy (non-hydrogen) atoms. The second kappa shape index (κ2) is 6.27. The van der Waals surface area contributed by atoms with Gasteiger partial charge in [-0.3, -0.25) is 0 Å². The van der Waals surface area contributed by atoms with Crippen molar-refractivity contribution in [3.05, 3.63) is 0 Å². The molecule has 0 radical (unpaired) electrons. The fourth-order valence-electron chi connectivity index (χ4n) is 1.51. The third kappa shape index (κ3) is 3.77. The minimum atomic E-state index is -0.291. The molecule has 1 fully saturated rings. The molecule has 0 aliphatic carbocycles. The van der Waals surface area contributed by atoms with Gasteiger partial charge in [0.25, 0.3) is 0 Å². The normalized spacial score (nSPS) is 15.3. The van der Waals surface area contributed by atoms with Gasteiger partial charge in [0.2, 0.25) is 0 Å². The van der Waals surface area contributed by atoms with Crippen LogP contribution in [-0.4, -0.2) is 36.6 Å². The highest BCUT2D eigenvalue weighted by atomic mass is 16.2. The third-order valence-corrected chi connectivity index (χ3v) is 2.41. The molecule has 0 aromatic heterocycles. The molecule has 2 N–H and O–H groups in total. The summed E-state index contributed by atoms with van der Waals surface area (Å²) in [6, 6.07) is -0.567. The molecule has 4 amide bonds. The smallest absolute Gasteiger partial charge is 0.325 e. The first kappa shape index (κ1) is 11.8. The van der Waals surface area contributed by atoms with Crippen LogP contribution in [0.4, 0.5) is 9.59 Å². The van der Waals surface area contributed by atoms with Crippen LogP contribution in [-0.2, 0) is 0 Å². The second-order valence-electron chi connectivity index (χ2n) is 3.68. The van der Waals surface area contributed by atoms with Crippen LogP contribution in [0.25, 0.3) is 0 Å². The summed E-state index contributed by atoms with van der Waals surface area (Å²) in [4.78, 5) is 23.8. The summed E-state index contributed by atoms with van der Waals surface area (Å²) in [7, 11) is 0. The van der Waals surface area contributed by atoms with Crippen molar-refractivity contribution >= 4 is 12.1 Å². The van der Waals surface area contributed by atoms with Crippen LogP contribution in [0.1, 0.15) is 32.6 Å². The molecule has 0 aromatic carbocycles. The number of amides is 4. The molecule has 86 valence electrons. The molecule has 1 saturated heterocycles. The number of nitrogens with zero attached hydrogens (tertiary/aromatic N) is 1. The number of rotatable bonds is 5. The van der Waals surface area contributed by atoms with Gasteiger partial charge in [-0.15, -0.1) is 0 Å². The summed E-state index contributed by atoms with van der Waals surface area (Å²) in [6.45, 7) is 3.83. The number of carbonyl (C=O) groups excluding carboxylic acids is 2. The number of nitrogens with one attached hydrogen (secondary N) is 2. The first-order valence-corrected chi connectivity index (χ1v) is 5.59. The van der Waals surface area contributed by atoms with Crippen molar-refractivity contribution in [1.82, 2.24) is 15.5 Å². The van der Waals surface area contributed by atoms with Crippen LogP contribution in [0.15, 0.2) is 0 Å². The predicted octanol–water partition coefficient (Wildman–Crippen LogP) is 1.30. The molecule has 1 heterocycles. The summed E-state index contributed by atoms with van der Waals surface area (Å²) >= 11 is 0. The summed E-state index contributed by atoms with van der Waals surface area (Å²) in [5.41, 5.74) is 0. The van der Waals surface area contributed by atoms with E-state index in [1.807, 2.05) is 0 Å². The van der Waals surface area contributed by atoms with Gasteiger partial charge in [0.1, 0.15) is 0 Å². The lowest BCUT2D eigenvalue weighted by molar-refractivity contribution is 0.199. The van der Waals surface area contributed by atoms with Gasteiger partial charge < -0.3 is 10.6 Å². The number of hydrogen-bond acceptors (Lipinski definition) is 2. The van der Waals surface area contributed by atoms with Crippen LogP contribution < -0.4 is 10.6 Å². The highest BCUT2D eigenvalue weighted by Crippen LogP contribution is 1.99. The topological polar surface area (TPSA) is 61.4 Å². The lowest BCUT2D eigenvalue weighted by Crippen LogP contribution is -2.42. The average molecular weight is 213 g/mol. The summed E-state index contributed by atoms with van der Waals surface area (Å²) in [6.07, 6.45) is 4.49. The molecule has 0 spiro atoms. The van der Waals surface area contributed by atoms with Crippen molar-refractivity contribution in [2.45, 2.75) is 32.6 Å². The van der Waals surface area contributed by atoms with E-state index in [1.165, 1.54) is 17.7 Å². The Balaban J connectivity index is 2.10. The first-order valence-electron chi connectivity index (χ1n) is 5.59. The molecule has 5 heteroatoms. The van der Waals surface area contributed by atoms with E-state index in [9.17, 15) is 9.59 Å². The van der Waals surface area contributed by atoms with E-state index in [1.54, 1.807) is 0 Å². The number of carbonyl (C=O) groups is 2. The molecule has 0 unspecified atom stereocenters. The van der Waals surface area contributed by atoms with Crippen LogP contribution in [0.3, 0.4) is 0 Å². The van der Waals surface area contributed by atoms with Crippen molar-refractivity contribution in [3.8, 4) is 0 Å². The van der Waals surface area contributed by atoms with E-state index in [0.717, 1.165) is 12.8 Å². The van der Waals surface area contributed by atoms with Crippen LogP contribution in [0, 0.1) is 0 Å². The van der Waals surface area contributed by atoms with Crippen molar-refractivity contribution in [1.29, 1.82) is 0 Å². The SMILES string of the molecule is CCCCCCNC(=O)N1CCNC1=O. The fourth-order valence-corrected chi connectivity index (χ4v) is 1.51.